The Bertz CT molecular complexity index is 687. The second-order valence-corrected chi connectivity index (χ2v) is 12.8. The van der Waals surface area contributed by atoms with Gasteiger partial charge in [0.25, 0.3) is 0 Å². The molecule has 0 aliphatic heterocycles. The molecule has 6 N–H and O–H groups in total. The monoisotopic (exact) mass is 605 g/mol. The smallest absolute Gasteiger partial charge is 0.303 e. The number of aliphatic hydroxyl groups excluding tert-OH is 4. The molecule has 0 aromatic heterocycles. The molecule has 0 saturated heterocycles. The maximum absolute atomic E-state index is 12.1. The lowest BCUT2D eigenvalue weighted by Crippen LogP contribution is -2.40. The molecule has 0 aromatic rings. The third-order valence-electron chi connectivity index (χ3n) is 7.41. The third kappa shape index (κ3) is 23.2. The highest BCUT2D eigenvalue weighted by Gasteiger charge is 2.29. The largest absolute Gasteiger partial charge is 0.481 e. The minimum absolute atomic E-state index is 0.0185. The van der Waals surface area contributed by atoms with Crippen LogP contribution in [0, 0.1) is 5.41 Å². The fourth-order valence-electron chi connectivity index (χ4n) is 4.97. The van der Waals surface area contributed by atoms with Crippen molar-refractivity contribution in [3.8, 4) is 0 Å². The molecule has 0 aliphatic carbocycles. The van der Waals surface area contributed by atoms with Crippen LogP contribution < -0.4 is 5.32 Å². The number of ether oxygens (including phenoxy) is 2. The van der Waals surface area contributed by atoms with Crippen molar-refractivity contribution < 1.29 is 44.6 Å². The molecule has 6 unspecified atom stereocenters. The number of hydrogen-bond acceptors (Lipinski definition) is 8. The number of aliphatic hydroxyl groups is 4. The number of carboxylic acids is 1. The Labute approximate surface area is 254 Å². The number of unbranched alkanes of at least 4 members (excludes halogenated alkanes) is 6. The number of rotatable bonds is 28. The number of aliphatic carboxylic acids is 1. The van der Waals surface area contributed by atoms with Crippen molar-refractivity contribution in [1.82, 2.24) is 5.32 Å². The van der Waals surface area contributed by atoms with Crippen LogP contribution in [-0.2, 0) is 19.1 Å². The number of nitrogens with one attached hydrogen (secondary N) is 1. The Morgan fingerprint density at radius 1 is 0.762 bits per heavy atom. The van der Waals surface area contributed by atoms with Crippen molar-refractivity contribution in [3.05, 3.63) is 0 Å². The van der Waals surface area contributed by atoms with E-state index in [4.69, 9.17) is 14.6 Å². The van der Waals surface area contributed by atoms with Gasteiger partial charge in [-0.05, 0) is 51.4 Å². The van der Waals surface area contributed by atoms with E-state index in [-0.39, 0.29) is 37.4 Å². The summed E-state index contributed by atoms with van der Waals surface area (Å²) in [6.07, 6.45) is 6.61. The van der Waals surface area contributed by atoms with Gasteiger partial charge in [0.05, 0.1) is 56.3 Å². The van der Waals surface area contributed by atoms with Gasteiger partial charge >= 0.3 is 5.97 Å². The summed E-state index contributed by atoms with van der Waals surface area (Å²) in [5.74, 6) is -0.784. The summed E-state index contributed by atoms with van der Waals surface area (Å²) < 4.78 is 11.6. The van der Waals surface area contributed by atoms with Gasteiger partial charge in [-0.25, -0.2) is 0 Å². The van der Waals surface area contributed by atoms with Gasteiger partial charge in [0, 0.05) is 19.4 Å². The molecule has 10 nitrogen and oxygen atoms in total. The average molecular weight is 606 g/mol. The lowest BCUT2D eigenvalue weighted by molar-refractivity contribution is -0.139. The summed E-state index contributed by atoms with van der Waals surface area (Å²) in [5.41, 5.74) is -0.281. The van der Waals surface area contributed by atoms with Crippen LogP contribution in [0.2, 0.25) is 0 Å². The fraction of sp³-hybridized carbons (Fsp3) is 0.938. The van der Waals surface area contributed by atoms with Gasteiger partial charge in [-0.3, -0.25) is 9.59 Å². The van der Waals surface area contributed by atoms with Crippen molar-refractivity contribution in [2.24, 2.45) is 5.41 Å². The summed E-state index contributed by atoms with van der Waals surface area (Å²) in [4.78, 5) is 23.0. The Balaban J connectivity index is 4.50. The van der Waals surface area contributed by atoms with Crippen LogP contribution in [-0.4, -0.2) is 93.8 Å². The van der Waals surface area contributed by atoms with Gasteiger partial charge in [0.1, 0.15) is 0 Å². The van der Waals surface area contributed by atoms with E-state index in [9.17, 15) is 30.0 Å². The molecule has 0 spiro atoms. The Morgan fingerprint density at radius 2 is 1.33 bits per heavy atom. The molecule has 0 bridgehead atoms. The van der Waals surface area contributed by atoms with Crippen LogP contribution in [0.25, 0.3) is 0 Å². The highest BCUT2D eigenvalue weighted by Crippen LogP contribution is 2.26. The summed E-state index contributed by atoms with van der Waals surface area (Å²) in [5, 5.41) is 53.0. The topological polar surface area (TPSA) is 166 Å². The summed E-state index contributed by atoms with van der Waals surface area (Å²) in [6, 6.07) is 0. The molecular formula is C32H63NO9. The number of amides is 1. The molecule has 42 heavy (non-hydrogen) atoms. The molecule has 6 atom stereocenters. The lowest BCUT2D eigenvalue weighted by atomic mass is 9.84. The zero-order valence-electron chi connectivity index (χ0n) is 27.1. The van der Waals surface area contributed by atoms with E-state index in [1.54, 1.807) is 13.8 Å². The van der Waals surface area contributed by atoms with Crippen LogP contribution in [0.3, 0.4) is 0 Å². The summed E-state index contributed by atoms with van der Waals surface area (Å²) in [7, 11) is 0. The zero-order chi connectivity index (χ0) is 32.0. The van der Waals surface area contributed by atoms with E-state index in [0.717, 1.165) is 64.2 Å². The number of carbonyl (C=O) groups is 2. The van der Waals surface area contributed by atoms with Crippen molar-refractivity contribution in [2.75, 3.05) is 19.8 Å². The molecule has 0 aromatic carbocycles. The molecule has 250 valence electrons. The Kier molecular flexibility index (Phi) is 23.3. The minimum atomic E-state index is -0.887. The van der Waals surface area contributed by atoms with Gasteiger partial charge in [-0.2, -0.15) is 0 Å². The standard InChI is InChI=1S/C32H63NO9/c1-6-7-11-15-26(36)29(42-23-25(3)35)20-27(37)28(41-22-24(2)34)16-12-9-8-10-13-17-30(38)33-19-14-18-32(4,5)21-31(39)40/h24-29,34-37H,6-23H2,1-5H3,(H,33,38)(H,39,40). The molecule has 0 heterocycles. The molecule has 0 aliphatic rings. The Morgan fingerprint density at radius 3 is 1.93 bits per heavy atom. The second kappa shape index (κ2) is 24.1. The van der Waals surface area contributed by atoms with E-state index < -0.39 is 42.6 Å². The predicted molar refractivity (Wildman–Crippen MR) is 164 cm³/mol. The molecule has 0 saturated carbocycles. The maximum Gasteiger partial charge on any atom is 0.303 e. The zero-order valence-corrected chi connectivity index (χ0v) is 27.1. The normalized spacial score (nSPS) is 16.4. The SMILES string of the molecule is CCCCCC(O)C(CC(O)C(CCCCCCCC(=O)NCCCC(C)(C)CC(=O)O)OCC(C)O)OCC(C)O. The highest BCUT2D eigenvalue weighted by molar-refractivity contribution is 5.75. The molecular weight excluding hydrogens is 542 g/mol. The van der Waals surface area contributed by atoms with E-state index in [0.29, 0.717) is 25.8 Å². The molecule has 1 amide bonds. The van der Waals surface area contributed by atoms with Crippen LogP contribution in [0.5, 0.6) is 0 Å². The average Bonchev–Trinajstić information content (AvgIpc) is 2.89. The third-order valence-corrected chi connectivity index (χ3v) is 7.41. The van der Waals surface area contributed by atoms with Crippen LogP contribution in [0.15, 0.2) is 0 Å². The first-order chi connectivity index (χ1) is 19.8. The van der Waals surface area contributed by atoms with Gasteiger partial charge in [-0.15, -0.1) is 0 Å². The van der Waals surface area contributed by atoms with Crippen molar-refractivity contribution in [1.29, 1.82) is 0 Å². The van der Waals surface area contributed by atoms with Crippen LogP contribution >= 0.6 is 0 Å². The molecule has 0 radical (unpaired) electrons. The Hall–Kier alpha value is -1.30. The summed E-state index contributed by atoms with van der Waals surface area (Å²) in [6.45, 7) is 9.93. The van der Waals surface area contributed by atoms with Crippen molar-refractivity contribution in [3.63, 3.8) is 0 Å². The number of hydrogen-bond donors (Lipinski definition) is 6. The molecule has 10 heteroatoms. The van der Waals surface area contributed by atoms with Crippen molar-refractivity contribution >= 4 is 11.9 Å². The van der Waals surface area contributed by atoms with Crippen molar-refractivity contribution in [2.45, 2.75) is 168 Å². The quantitative estimate of drug-likeness (QED) is 0.0712. The second-order valence-electron chi connectivity index (χ2n) is 12.8. The molecule has 0 rings (SSSR count). The highest BCUT2D eigenvalue weighted by atomic mass is 16.5. The van der Waals surface area contributed by atoms with Crippen LogP contribution in [0.1, 0.15) is 131 Å². The van der Waals surface area contributed by atoms with E-state index >= 15 is 0 Å². The first-order valence-corrected chi connectivity index (χ1v) is 16.2. The number of carboxylic acid groups (broad SMARTS) is 1. The number of carbonyl (C=O) groups excluding carboxylic acids is 1. The lowest BCUT2D eigenvalue weighted by Gasteiger charge is -2.30. The summed E-state index contributed by atoms with van der Waals surface area (Å²) >= 11 is 0. The minimum Gasteiger partial charge on any atom is -0.481 e. The maximum atomic E-state index is 12.1. The first kappa shape index (κ1) is 40.7. The van der Waals surface area contributed by atoms with Gasteiger partial charge in [0.15, 0.2) is 0 Å². The van der Waals surface area contributed by atoms with Gasteiger partial charge < -0.3 is 40.3 Å². The van der Waals surface area contributed by atoms with Crippen LogP contribution in [0.4, 0.5) is 0 Å². The fourth-order valence-corrected chi connectivity index (χ4v) is 4.97. The first-order valence-electron chi connectivity index (χ1n) is 16.2. The predicted octanol–water partition coefficient (Wildman–Crippen LogP) is 4.34. The molecule has 0 fully saturated rings. The van der Waals surface area contributed by atoms with E-state index in [2.05, 4.69) is 12.2 Å². The van der Waals surface area contributed by atoms with Gasteiger partial charge in [0.2, 0.25) is 5.91 Å². The van der Waals surface area contributed by atoms with E-state index in [1.165, 1.54) is 0 Å². The van der Waals surface area contributed by atoms with E-state index in [1.807, 2.05) is 13.8 Å². The van der Waals surface area contributed by atoms with Gasteiger partial charge in [-0.1, -0.05) is 65.7 Å².